The molecule has 2 aromatic rings. The lowest BCUT2D eigenvalue weighted by Gasteiger charge is -2.37. The molecule has 1 saturated carbocycles. The molecular weight excluding hydrogens is 446 g/mol. The number of rotatable bonds is 8. The van der Waals surface area contributed by atoms with E-state index >= 15 is 0 Å². The van der Waals surface area contributed by atoms with Gasteiger partial charge >= 0.3 is 6.03 Å². The zero-order valence-electron chi connectivity index (χ0n) is 21.7. The molecule has 0 spiro atoms. The van der Waals surface area contributed by atoms with Gasteiger partial charge in [-0.15, -0.1) is 0 Å². The van der Waals surface area contributed by atoms with E-state index in [1.165, 1.54) is 57.9 Å². The fourth-order valence-corrected chi connectivity index (χ4v) is 7.10. The van der Waals surface area contributed by atoms with E-state index in [0.717, 1.165) is 42.0 Å². The second-order valence-corrected chi connectivity index (χ2v) is 11.4. The van der Waals surface area contributed by atoms with Gasteiger partial charge in [0.1, 0.15) is 5.60 Å². The number of aliphatic hydroxyl groups is 1. The topological polar surface area (TPSA) is 64.6 Å². The molecule has 3 fully saturated rings. The van der Waals surface area contributed by atoms with Crippen LogP contribution in [0.25, 0.3) is 0 Å². The summed E-state index contributed by atoms with van der Waals surface area (Å²) in [5.74, 6) is 0.785. The highest BCUT2D eigenvalue weighted by molar-refractivity contribution is 5.75. The van der Waals surface area contributed by atoms with Crippen molar-refractivity contribution in [1.29, 1.82) is 0 Å². The Morgan fingerprint density at radius 2 is 1.44 bits per heavy atom. The molecule has 3 atom stereocenters. The summed E-state index contributed by atoms with van der Waals surface area (Å²) in [6, 6.07) is 20.5. The van der Waals surface area contributed by atoms with E-state index in [1.54, 1.807) is 0 Å². The van der Waals surface area contributed by atoms with E-state index in [4.69, 9.17) is 0 Å². The first-order chi connectivity index (χ1) is 17.5. The zero-order chi connectivity index (χ0) is 25.0. The summed E-state index contributed by atoms with van der Waals surface area (Å²) in [4.78, 5) is 15.8. The van der Waals surface area contributed by atoms with Crippen molar-refractivity contribution in [2.75, 3.05) is 6.54 Å². The molecule has 0 radical (unpaired) electrons. The van der Waals surface area contributed by atoms with Crippen LogP contribution in [0.2, 0.25) is 0 Å². The Kier molecular flexibility index (Phi) is 7.97. The standard InChI is InChI=1S/C31H43N3O2/c1-23(31(36,25-9-4-2-5-10-25)26-11-6-3-7-12-26)32-30(35)33-27-17-15-24(16-18-27)21-22-34-28-13-8-14-29(34)20-19-28/h2-7,9-12,23-24,27-29,36H,8,13-22H2,1H3,(H2,32,33,35). The summed E-state index contributed by atoms with van der Waals surface area (Å²) in [7, 11) is 0. The molecule has 2 amide bonds. The van der Waals surface area contributed by atoms with E-state index in [0.29, 0.717) is 0 Å². The molecule has 2 aromatic carbocycles. The van der Waals surface area contributed by atoms with Crippen LogP contribution >= 0.6 is 0 Å². The van der Waals surface area contributed by atoms with Crippen LogP contribution in [0, 0.1) is 5.92 Å². The second kappa shape index (κ2) is 11.4. The molecule has 5 heteroatoms. The molecule has 0 aromatic heterocycles. The fraction of sp³-hybridized carbons (Fsp3) is 0.581. The van der Waals surface area contributed by atoms with Crippen LogP contribution < -0.4 is 10.6 Å². The number of amides is 2. The molecule has 194 valence electrons. The van der Waals surface area contributed by atoms with Crippen molar-refractivity contribution in [3.05, 3.63) is 71.8 Å². The Morgan fingerprint density at radius 3 is 2.00 bits per heavy atom. The van der Waals surface area contributed by atoms with Crippen LogP contribution in [-0.4, -0.2) is 46.7 Å². The summed E-state index contributed by atoms with van der Waals surface area (Å²) in [5, 5.41) is 18.1. The lowest BCUT2D eigenvalue weighted by atomic mass is 9.81. The zero-order valence-corrected chi connectivity index (χ0v) is 21.7. The average Bonchev–Trinajstić information content (AvgIpc) is 3.13. The molecule has 5 rings (SSSR count). The van der Waals surface area contributed by atoms with E-state index < -0.39 is 11.6 Å². The normalized spacial score (nSPS) is 27.4. The Morgan fingerprint density at radius 1 is 0.889 bits per heavy atom. The third-order valence-corrected chi connectivity index (χ3v) is 9.23. The Labute approximate surface area is 216 Å². The summed E-state index contributed by atoms with van der Waals surface area (Å²) in [6.45, 7) is 3.15. The van der Waals surface area contributed by atoms with Crippen LogP contribution in [0.1, 0.15) is 82.3 Å². The van der Waals surface area contributed by atoms with Crippen LogP contribution in [0.3, 0.4) is 0 Å². The third-order valence-electron chi connectivity index (χ3n) is 9.23. The van der Waals surface area contributed by atoms with Gasteiger partial charge in [-0.2, -0.15) is 0 Å². The van der Waals surface area contributed by atoms with Crippen molar-refractivity contribution >= 4 is 6.03 Å². The molecule has 3 aliphatic rings. The predicted molar refractivity (Wildman–Crippen MR) is 145 cm³/mol. The molecule has 3 unspecified atom stereocenters. The SMILES string of the molecule is CC(NC(=O)NC1CCC(CCN2C3CCCC2CC3)CC1)C(O)(c1ccccc1)c1ccccc1. The first kappa shape index (κ1) is 25.3. The van der Waals surface area contributed by atoms with Gasteiger partial charge in [0.2, 0.25) is 0 Å². The smallest absolute Gasteiger partial charge is 0.315 e. The maximum atomic E-state index is 13.0. The van der Waals surface area contributed by atoms with Crippen molar-refractivity contribution < 1.29 is 9.90 Å². The molecule has 2 heterocycles. The maximum Gasteiger partial charge on any atom is 0.315 e. The minimum Gasteiger partial charge on any atom is -0.378 e. The number of hydrogen-bond acceptors (Lipinski definition) is 3. The number of nitrogens with zero attached hydrogens (tertiary/aromatic N) is 1. The fourth-order valence-electron chi connectivity index (χ4n) is 7.10. The Bertz CT molecular complexity index is 918. The van der Waals surface area contributed by atoms with Crippen molar-refractivity contribution in [3.8, 4) is 0 Å². The van der Waals surface area contributed by atoms with E-state index in [-0.39, 0.29) is 12.1 Å². The van der Waals surface area contributed by atoms with Crippen LogP contribution in [0.5, 0.6) is 0 Å². The summed E-state index contributed by atoms with van der Waals surface area (Å²) >= 11 is 0. The van der Waals surface area contributed by atoms with Crippen LogP contribution in [0.4, 0.5) is 4.79 Å². The molecule has 3 N–H and O–H groups in total. The van der Waals surface area contributed by atoms with E-state index in [1.807, 2.05) is 67.6 Å². The number of hydrogen-bond donors (Lipinski definition) is 3. The first-order valence-electron chi connectivity index (χ1n) is 14.2. The van der Waals surface area contributed by atoms with Gasteiger partial charge in [-0.1, -0.05) is 67.1 Å². The van der Waals surface area contributed by atoms with Crippen molar-refractivity contribution in [1.82, 2.24) is 15.5 Å². The van der Waals surface area contributed by atoms with E-state index in [2.05, 4.69) is 15.5 Å². The number of piperidine rings is 1. The third kappa shape index (κ3) is 5.47. The van der Waals surface area contributed by atoms with Crippen molar-refractivity contribution in [2.24, 2.45) is 5.92 Å². The van der Waals surface area contributed by atoms with Gasteiger partial charge in [-0.3, -0.25) is 4.90 Å². The van der Waals surface area contributed by atoms with Gasteiger partial charge in [0.25, 0.3) is 0 Å². The maximum absolute atomic E-state index is 13.0. The summed E-state index contributed by atoms with van der Waals surface area (Å²) in [5.41, 5.74) is 0.226. The number of nitrogens with one attached hydrogen (secondary N) is 2. The number of urea groups is 1. The molecule has 1 aliphatic carbocycles. The number of carbonyl (C=O) groups is 1. The molecule has 36 heavy (non-hydrogen) atoms. The highest BCUT2D eigenvalue weighted by Gasteiger charge is 2.39. The van der Waals surface area contributed by atoms with Crippen LogP contribution in [0.15, 0.2) is 60.7 Å². The first-order valence-corrected chi connectivity index (χ1v) is 14.2. The monoisotopic (exact) mass is 489 g/mol. The Balaban J connectivity index is 1.12. The van der Waals surface area contributed by atoms with E-state index in [9.17, 15) is 9.90 Å². The number of benzene rings is 2. The summed E-state index contributed by atoms with van der Waals surface area (Å²) in [6.07, 6.45) is 12.9. The van der Waals surface area contributed by atoms with Gasteiger partial charge in [-0.05, 0) is 88.3 Å². The largest absolute Gasteiger partial charge is 0.378 e. The van der Waals surface area contributed by atoms with Gasteiger partial charge in [-0.25, -0.2) is 4.79 Å². The van der Waals surface area contributed by atoms with Gasteiger partial charge in [0.15, 0.2) is 0 Å². The summed E-state index contributed by atoms with van der Waals surface area (Å²) < 4.78 is 0. The molecular formula is C31H43N3O2. The molecule has 2 saturated heterocycles. The second-order valence-electron chi connectivity index (χ2n) is 11.4. The Hall–Kier alpha value is -2.37. The number of fused-ring (bicyclic) bond motifs is 2. The molecule has 2 aliphatic heterocycles. The van der Waals surface area contributed by atoms with Crippen molar-refractivity contribution in [2.45, 2.75) is 101 Å². The highest BCUT2D eigenvalue weighted by Crippen LogP contribution is 2.37. The minimum atomic E-state index is -1.31. The molecule has 2 bridgehead atoms. The number of carbonyl (C=O) groups excluding carboxylic acids is 1. The van der Waals surface area contributed by atoms with Gasteiger partial charge in [0, 0.05) is 18.1 Å². The highest BCUT2D eigenvalue weighted by atomic mass is 16.3. The minimum absolute atomic E-state index is 0.193. The molecule has 5 nitrogen and oxygen atoms in total. The van der Waals surface area contributed by atoms with Gasteiger partial charge < -0.3 is 15.7 Å². The lowest BCUT2D eigenvalue weighted by molar-refractivity contribution is 0.0470. The lowest BCUT2D eigenvalue weighted by Crippen LogP contribution is -2.54. The average molecular weight is 490 g/mol. The van der Waals surface area contributed by atoms with Crippen LogP contribution in [-0.2, 0) is 5.60 Å². The van der Waals surface area contributed by atoms with Crippen molar-refractivity contribution in [3.63, 3.8) is 0 Å². The predicted octanol–water partition coefficient (Wildman–Crippen LogP) is 5.58. The van der Waals surface area contributed by atoms with Gasteiger partial charge in [0.05, 0.1) is 6.04 Å². The quantitative estimate of drug-likeness (QED) is 0.454.